The summed E-state index contributed by atoms with van der Waals surface area (Å²) < 4.78 is 10.9. The van der Waals surface area contributed by atoms with Crippen LogP contribution in [0.1, 0.15) is 104 Å². The number of aliphatic hydroxyl groups is 5. The lowest BCUT2D eigenvalue weighted by molar-refractivity contribution is -0.296. The quantitative estimate of drug-likeness (QED) is 0.138. The number of amides is 1. The second-order valence-electron chi connectivity index (χ2n) is 9.92. The standard InChI is InChI=1S/C26H51NO8/c1-3-4-5-6-7-8-9-10-11-12-13-14-15-20(29)21(30)16-17-34-26-25(33)24(32)23(31)22(35-26)18-27-19(2)28/h20-26,29-33H,3-18H2,1-2H3,(H,27,28)/t20-,21+,22?,23?,24?,25?,26?/m1/s1. The average Bonchev–Trinajstić information content (AvgIpc) is 2.83. The molecule has 0 aromatic heterocycles. The fourth-order valence-electron chi connectivity index (χ4n) is 4.35. The Morgan fingerprint density at radius 1 is 0.800 bits per heavy atom. The van der Waals surface area contributed by atoms with Crippen molar-refractivity contribution in [1.29, 1.82) is 0 Å². The number of nitrogens with one attached hydrogen (secondary N) is 1. The van der Waals surface area contributed by atoms with Gasteiger partial charge in [-0.25, -0.2) is 0 Å². The summed E-state index contributed by atoms with van der Waals surface area (Å²) in [7, 11) is 0. The van der Waals surface area contributed by atoms with E-state index in [0.29, 0.717) is 6.42 Å². The molecule has 1 saturated heterocycles. The van der Waals surface area contributed by atoms with Gasteiger partial charge in [-0.15, -0.1) is 0 Å². The molecule has 208 valence electrons. The molecular formula is C26H51NO8. The van der Waals surface area contributed by atoms with Crippen molar-refractivity contribution in [3.05, 3.63) is 0 Å². The molecule has 1 aliphatic rings. The molecule has 1 rings (SSSR count). The third-order valence-electron chi connectivity index (χ3n) is 6.71. The summed E-state index contributed by atoms with van der Waals surface area (Å²) in [4.78, 5) is 11.1. The molecule has 1 aliphatic heterocycles. The molecule has 0 bridgehead atoms. The predicted molar refractivity (Wildman–Crippen MR) is 134 cm³/mol. The average molecular weight is 506 g/mol. The van der Waals surface area contributed by atoms with Gasteiger partial charge in [-0.1, -0.05) is 84.0 Å². The molecule has 6 N–H and O–H groups in total. The summed E-state index contributed by atoms with van der Waals surface area (Å²) >= 11 is 0. The van der Waals surface area contributed by atoms with Gasteiger partial charge in [0.25, 0.3) is 0 Å². The number of aliphatic hydroxyl groups excluding tert-OH is 5. The zero-order valence-electron chi connectivity index (χ0n) is 21.8. The zero-order valence-corrected chi connectivity index (χ0v) is 21.8. The van der Waals surface area contributed by atoms with Gasteiger partial charge >= 0.3 is 0 Å². The number of rotatable bonds is 20. The van der Waals surface area contributed by atoms with Crippen molar-refractivity contribution in [2.24, 2.45) is 0 Å². The van der Waals surface area contributed by atoms with E-state index in [4.69, 9.17) is 9.47 Å². The molecule has 0 aromatic carbocycles. The van der Waals surface area contributed by atoms with Gasteiger partial charge in [0, 0.05) is 13.5 Å². The van der Waals surface area contributed by atoms with E-state index in [2.05, 4.69) is 12.2 Å². The van der Waals surface area contributed by atoms with Crippen LogP contribution in [0.15, 0.2) is 0 Å². The molecular weight excluding hydrogens is 454 g/mol. The largest absolute Gasteiger partial charge is 0.390 e. The normalized spacial score (nSPS) is 26.4. The molecule has 0 spiro atoms. The Balaban J connectivity index is 2.12. The van der Waals surface area contributed by atoms with Crippen molar-refractivity contribution in [3.63, 3.8) is 0 Å². The highest BCUT2D eigenvalue weighted by molar-refractivity contribution is 5.72. The van der Waals surface area contributed by atoms with Gasteiger partial charge in [0.2, 0.25) is 5.91 Å². The minimum atomic E-state index is -1.49. The molecule has 7 atom stereocenters. The number of hydrogen-bond donors (Lipinski definition) is 6. The van der Waals surface area contributed by atoms with Crippen molar-refractivity contribution >= 4 is 5.91 Å². The minimum absolute atomic E-state index is 0.00588. The zero-order chi connectivity index (χ0) is 26.1. The summed E-state index contributed by atoms with van der Waals surface area (Å²) in [6, 6.07) is 0. The van der Waals surface area contributed by atoms with Gasteiger partial charge in [-0.05, 0) is 12.8 Å². The van der Waals surface area contributed by atoms with Crippen LogP contribution in [-0.4, -0.2) is 87.5 Å². The molecule has 9 nitrogen and oxygen atoms in total. The molecule has 1 heterocycles. The van der Waals surface area contributed by atoms with Crippen LogP contribution < -0.4 is 5.32 Å². The lowest BCUT2D eigenvalue weighted by atomic mass is 9.98. The third kappa shape index (κ3) is 13.9. The molecule has 0 aromatic rings. The maximum absolute atomic E-state index is 11.1. The second-order valence-corrected chi connectivity index (χ2v) is 9.92. The maximum atomic E-state index is 11.1. The van der Waals surface area contributed by atoms with E-state index in [9.17, 15) is 30.3 Å². The fraction of sp³-hybridized carbons (Fsp3) is 0.962. The predicted octanol–water partition coefficient (Wildman–Crippen LogP) is 2.15. The van der Waals surface area contributed by atoms with Crippen LogP contribution >= 0.6 is 0 Å². The Morgan fingerprint density at radius 2 is 1.31 bits per heavy atom. The van der Waals surface area contributed by atoms with Crippen LogP contribution in [0, 0.1) is 0 Å². The van der Waals surface area contributed by atoms with Crippen molar-refractivity contribution in [2.75, 3.05) is 13.2 Å². The third-order valence-corrected chi connectivity index (χ3v) is 6.71. The topological polar surface area (TPSA) is 149 Å². The van der Waals surface area contributed by atoms with Crippen LogP contribution in [-0.2, 0) is 14.3 Å². The van der Waals surface area contributed by atoms with Gasteiger partial charge in [0.05, 0.1) is 18.8 Å². The highest BCUT2D eigenvalue weighted by Crippen LogP contribution is 2.22. The molecule has 5 unspecified atom stereocenters. The minimum Gasteiger partial charge on any atom is -0.390 e. The first-order valence-electron chi connectivity index (χ1n) is 13.7. The fourth-order valence-corrected chi connectivity index (χ4v) is 4.35. The van der Waals surface area contributed by atoms with Crippen LogP contribution in [0.25, 0.3) is 0 Å². The highest BCUT2D eigenvalue weighted by atomic mass is 16.7. The summed E-state index contributed by atoms with van der Waals surface area (Å²) in [6.07, 6.45) is 7.21. The van der Waals surface area contributed by atoms with Crippen molar-refractivity contribution in [1.82, 2.24) is 5.32 Å². The summed E-state index contributed by atoms with van der Waals surface area (Å²) in [5.41, 5.74) is 0. The van der Waals surface area contributed by atoms with E-state index >= 15 is 0 Å². The SMILES string of the molecule is CCCCCCCCCCCCCC[C@@H](O)[C@@H](O)CCOC1OC(CNC(C)=O)C(O)C(O)C1O. The first-order valence-corrected chi connectivity index (χ1v) is 13.7. The lowest BCUT2D eigenvalue weighted by Crippen LogP contribution is -2.60. The second kappa shape index (κ2) is 19.3. The molecule has 0 aliphatic carbocycles. The smallest absolute Gasteiger partial charge is 0.216 e. The molecule has 1 fully saturated rings. The molecule has 35 heavy (non-hydrogen) atoms. The number of unbranched alkanes of at least 4 members (excludes halogenated alkanes) is 11. The first kappa shape index (κ1) is 32.2. The Bertz CT molecular complexity index is 537. The van der Waals surface area contributed by atoms with Gasteiger partial charge in [0.15, 0.2) is 6.29 Å². The van der Waals surface area contributed by atoms with Gasteiger partial charge in [-0.3, -0.25) is 4.79 Å². The van der Waals surface area contributed by atoms with Gasteiger partial charge < -0.3 is 40.3 Å². The van der Waals surface area contributed by atoms with E-state index in [1.54, 1.807) is 0 Å². The van der Waals surface area contributed by atoms with Crippen molar-refractivity contribution in [2.45, 2.75) is 147 Å². The number of ether oxygens (including phenoxy) is 2. The summed E-state index contributed by atoms with van der Waals surface area (Å²) in [6.45, 7) is 3.51. The highest BCUT2D eigenvalue weighted by Gasteiger charge is 2.44. The molecule has 1 amide bonds. The van der Waals surface area contributed by atoms with Gasteiger partial charge in [0.1, 0.15) is 24.4 Å². The lowest BCUT2D eigenvalue weighted by Gasteiger charge is -2.40. The first-order chi connectivity index (χ1) is 16.8. The van der Waals surface area contributed by atoms with E-state index in [1.807, 2.05) is 0 Å². The number of carbonyl (C=O) groups excluding carboxylic acids is 1. The maximum Gasteiger partial charge on any atom is 0.216 e. The van der Waals surface area contributed by atoms with Crippen LogP contribution in [0.4, 0.5) is 0 Å². The molecule has 0 saturated carbocycles. The summed E-state index contributed by atoms with van der Waals surface area (Å²) in [5, 5.41) is 53.1. The molecule has 0 radical (unpaired) electrons. The number of carbonyl (C=O) groups is 1. The Labute approximate surface area is 211 Å². The van der Waals surface area contributed by atoms with E-state index < -0.39 is 42.9 Å². The van der Waals surface area contributed by atoms with Crippen LogP contribution in [0.5, 0.6) is 0 Å². The Kier molecular flexibility index (Phi) is 17.8. The number of hydrogen-bond acceptors (Lipinski definition) is 8. The van der Waals surface area contributed by atoms with E-state index in [-0.39, 0.29) is 25.5 Å². The Morgan fingerprint density at radius 3 is 1.86 bits per heavy atom. The Hall–Kier alpha value is -0.810. The van der Waals surface area contributed by atoms with Crippen molar-refractivity contribution in [3.8, 4) is 0 Å². The van der Waals surface area contributed by atoms with Gasteiger partial charge in [-0.2, -0.15) is 0 Å². The van der Waals surface area contributed by atoms with E-state index in [1.165, 1.54) is 64.7 Å². The van der Waals surface area contributed by atoms with E-state index in [0.717, 1.165) is 19.3 Å². The van der Waals surface area contributed by atoms with Crippen molar-refractivity contribution < 1.29 is 39.8 Å². The van der Waals surface area contributed by atoms with Crippen LogP contribution in [0.2, 0.25) is 0 Å². The summed E-state index contributed by atoms with van der Waals surface area (Å²) in [5.74, 6) is -0.316. The van der Waals surface area contributed by atoms with Crippen LogP contribution in [0.3, 0.4) is 0 Å². The molecule has 9 heteroatoms. The monoisotopic (exact) mass is 505 g/mol.